The van der Waals surface area contributed by atoms with Gasteiger partial charge in [-0.3, -0.25) is 9.59 Å². The standard InChI is InChI=1S/C22H23F3N2O2/c1-3-14(2)18-9-4-5-10-19(18)27-13-15(11-20(27)28)21(29)26-17-8-6-7-16(12-17)22(23,24)25/h4-10,12,14-15H,3,11,13H2,1-2H3,(H,26,29)/t14-,15-/m1/s1. The molecule has 0 saturated carbocycles. The summed E-state index contributed by atoms with van der Waals surface area (Å²) in [6.45, 7) is 4.35. The summed E-state index contributed by atoms with van der Waals surface area (Å²) in [5.41, 5.74) is 1.07. The summed E-state index contributed by atoms with van der Waals surface area (Å²) in [7, 11) is 0. The van der Waals surface area contributed by atoms with Crippen molar-refractivity contribution in [3.8, 4) is 0 Å². The second kappa shape index (κ2) is 8.27. The highest BCUT2D eigenvalue weighted by atomic mass is 19.4. The van der Waals surface area contributed by atoms with E-state index in [0.717, 1.165) is 29.8 Å². The number of carbonyl (C=O) groups excluding carboxylic acids is 2. The number of amides is 2. The molecular weight excluding hydrogens is 381 g/mol. The van der Waals surface area contributed by atoms with Crippen LogP contribution in [0.25, 0.3) is 0 Å². The molecule has 1 heterocycles. The Bertz CT molecular complexity index is 911. The van der Waals surface area contributed by atoms with Crippen LogP contribution in [0.5, 0.6) is 0 Å². The van der Waals surface area contributed by atoms with Crippen molar-refractivity contribution in [1.29, 1.82) is 0 Å². The number of carbonyl (C=O) groups is 2. The lowest BCUT2D eigenvalue weighted by molar-refractivity contribution is -0.137. The number of nitrogens with zero attached hydrogens (tertiary/aromatic N) is 1. The first-order valence-corrected chi connectivity index (χ1v) is 9.58. The van der Waals surface area contributed by atoms with E-state index in [0.29, 0.717) is 0 Å². The van der Waals surface area contributed by atoms with Crippen molar-refractivity contribution in [3.05, 3.63) is 59.7 Å². The van der Waals surface area contributed by atoms with Crippen molar-refractivity contribution < 1.29 is 22.8 Å². The van der Waals surface area contributed by atoms with Crippen molar-refractivity contribution >= 4 is 23.2 Å². The highest BCUT2D eigenvalue weighted by molar-refractivity contribution is 6.03. The number of benzene rings is 2. The number of para-hydroxylation sites is 1. The van der Waals surface area contributed by atoms with Gasteiger partial charge >= 0.3 is 6.18 Å². The van der Waals surface area contributed by atoms with Gasteiger partial charge in [-0.25, -0.2) is 0 Å². The van der Waals surface area contributed by atoms with Crippen LogP contribution in [0.3, 0.4) is 0 Å². The lowest BCUT2D eigenvalue weighted by Crippen LogP contribution is -2.29. The first kappa shape index (κ1) is 20.9. The molecule has 3 rings (SSSR count). The van der Waals surface area contributed by atoms with Crippen molar-refractivity contribution in [1.82, 2.24) is 0 Å². The highest BCUT2D eigenvalue weighted by Gasteiger charge is 2.36. The molecule has 1 aliphatic rings. The van der Waals surface area contributed by atoms with Gasteiger partial charge in [0.25, 0.3) is 0 Å². The normalized spacial score (nSPS) is 18.0. The Morgan fingerprint density at radius 1 is 1.21 bits per heavy atom. The van der Waals surface area contributed by atoms with E-state index in [1.54, 1.807) is 4.90 Å². The van der Waals surface area contributed by atoms with Crippen LogP contribution in [0, 0.1) is 5.92 Å². The monoisotopic (exact) mass is 404 g/mol. The lowest BCUT2D eigenvalue weighted by Gasteiger charge is -2.23. The van der Waals surface area contributed by atoms with E-state index in [1.807, 2.05) is 24.3 Å². The topological polar surface area (TPSA) is 49.4 Å². The van der Waals surface area contributed by atoms with Gasteiger partial charge in [0.15, 0.2) is 0 Å². The van der Waals surface area contributed by atoms with Gasteiger partial charge in [-0.1, -0.05) is 38.1 Å². The molecule has 1 saturated heterocycles. The number of hydrogen-bond acceptors (Lipinski definition) is 2. The Hall–Kier alpha value is -2.83. The number of rotatable bonds is 5. The summed E-state index contributed by atoms with van der Waals surface area (Å²) in [5.74, 6) is -0.981. The fourth-order valence-electron chi connectivity index (χ4n) is 3.50. The number of anilines is 2. The lowest BCUT2D eigenvalue weighted by atomic mass is 9.96. The molecule has 154 valence electrons. The van der Waals surface area contributed by atoms with Crippen LogP contribution in [-0.2, 0) is 15.8 Å². The average Bonchev–Trinajstić information content (AvgIpc) is 3.08. The third-order valence-corrected chi connectivity index (χ3v) is 5.32. The van der Waals surface area contributed by atoms with E-state index in [2.05, 4.69) is 19.2 Å². The smallest absolute Gasteiger partial charge is 0.326 e. The fraction of sp³-hybridized carbons (Fsp3) is 0.364. The quantitative estimate of drug-likeness (QED) is 0.744. The summed E-state index contributed by atoms with van der Waals surface area (Å²) in [6.07, 6.45) is -3.54. The van der Waals surface area contributed by atoms with Crippen LogP contribution in [-0.4, -0.2) is 18.4 Å². The van der Waals surface area contributed by atoms with Gasteiger partial charge in [-0.05, 0) is 42.2 Å². The zero-order valence-electron chi connectivity index (χ0n) is 16.3. The van der Waals surface area contributed by atoms with Gasteiger partial charge in [-0.15, -0.1) is 0 Å². The second-order valence-electron chi connectivity index (χ2n) is 7.34. The minimum absolute atomic E-state index is 0.0274. The maximum absolute atomic E-state index is 12.9. The Balaban J connectivity index is 1.75. The molecule has 0 aliphatic carbocycles. The van der Waals surface area contributed by atoms with Gasteiger partial charge in [0, 0.05) is 24.3 Å². The Morgan fingerprint density at radius 2 is 1.93 bits per heavy atom. The number of halogens is 3. The maximum Gasteiger partial charge on any atom is 0.416 e. The minimum atomic E-state index is -4.49. The largest absolute Gasteiger partial charge is 0.416 e. The van der Waals surface area contributed by atoms with E-state index in [-0.39, 0.29) is 30.5 Å². The molecule has 2 aromatic carbocycles. The van der Waals surface area contributed by atoms with E-state index in [9.17, 15) is 22.8 Å². The predicted molar refractivity (Wildman–Crippen MR) is 106 cm³/mol. The molecule has 1 N–H and O–H groups in total. The molecule has 7 heteroatoms. The Kier molecular flexibility index (Phi) is 5.96. The van der Waals surface area contributed by atoms with Gasteiger partial charge in [0.2, 0.25) is 11.8 Å². The van der Waals surface area contributed by atoms with Crippen LogP contribution in [0.2, 0.25) is 0 Å². The summed E-state index contributed by atoms with van der Waals surface area (Å²) < 4.78 is 38.6. The van der Waals surface area contributed by atoms with Crippen LogP contribution in [0.4, 0.5) is 24.5 Å². The fourth-order valence-corrected chi connectivity index (χ4v) is 3.50. The van der Waals surface area contributed by atoms with E-state index >= 15 is 0 Å². The predicted octanol–water partition coefficient (Wildman–Crippen LogP) is 5.21. The number of alkyl halides is 3. The van der Waals surface area contributed by atoms with Crippen LogP contribution in [0.1, 0.15) is 43.7 Å². The highest BCUT2D eigenvalue weighted by Crippen LogP contribution is 2.34. The second-order valence-corrected chi connectivity index (χ2v) is 7.34. The average molecular weight is 404 g/mol. The Labute approximate surface area is 167 Å². The van der Waals surface area contributed by atoms with Crippen LogP contribution in [0.15, 0.2) is 48.5 Å². The molecule has 0 aromatic heterocycles. The first-order chi connectivity index (χ1) is 13.7. The van der Waals surface area contributed by atoms with Crippen molar-refractivity contribution in [2.75, 3.05) is 16.8 Å². The molecule has 0 spiro atoms. The van der Waals surface area contributed by atoms with Crippen molar-refractivity contribution in [2.45, 2.75) is 38.8 Å². The molecular formula is C22H23F3N2O2. The zero-order valence-corrected chi connectivity index (χ0v) is 16.3. The molecule has 4 nitrogen and oxygen atoms in total. The van der Waals surface area contributed by atoms with Gasteiger partial charge in [0.1, 0.15) is 0 Å². The zero-order chi connectivity index (χ0) is 21.2. The third kappa shape index (κ3) is 4.60. The molecule has 2 aromatic rings. The molecule has 0 bridgehead atoms. The SMILES string of the molecule is CC[C@@H](C)c1ccccc1N1C[C@H](C(=O)Nc2cccc(C(F)(F)F)c2)CC1=O. The maximum atomic E-state index is 12.9. The molecule has 1 fully saturated rings. The number of hydrogen-bond donors (Lipinski definition) is 1. The molecule has 29 heavy (non-hydrogen) atoms. The summed E-state index contributed by atoms with van der Waals surface area (Å²) in [4.78, 5) is 26.8. The van der Waals surface area contributed by atoms with Gasteiger partial charge < -0.3 is 10.2 Å². The van der Waals surface area contributed by atoms with Crippen LogP contribution >= 0.6 is 0 Å². The summed E-state index contributed by atoms with van der Waals surface area (Å²) >= 11 is 0. The first-order valence-electron chi connectivity index (χ1n) is 9.58. The molecule has 0 radical (unpaired) electrons. The van der Waals surface area contributed by atoms with Crippen molar-refractivity contribution in [3.63, 3.8) is 0 Å². The molecule has 2 amide bonds. The van der Waals surface area contributed by atoms with E-state index in [1.165, 1.54) is 12.1 Å². The number of nitrogens with one attached hydrogen (secondary N) is 1. The Morgan fingerprint density at radius 3 is 2.62 bits per heavy atom. The van der Waals surface area contributed by atoms with Crippen LogP contribution < -0.4 is 10.2 Å². The molecule has 1 aliphatic heterocycles. The molecule has 0 unspecified atom stereocenters. The summed E-state index contributed by atoms with van der Waals surface area (Å²) in [6, 6.07) is 12.1. The minimum Gasteiger partial charge on any atom is -0.326 e. The van der Waals surface area contributed by atoms with E-state index in [4.69, 9.17) is 0 Å². The third-order valence-electron chi connectivity index (χ3n) is 5.32. The summed E-state index contributed by atoms with van der Waals surface area (Å²) in [5, 5.41) is 2.52. The van der Waals surface area contributed by atoms with E-state index < -0.39 is 23.6 Å². The van der Waals surface area contributed by atoms with Gasteiger partial charge in [-0.2, -0.15) is 13.2 Å². The van der Waals surface area contributed by atoms with Crippen molar-refractivity contribution in [2.24, 2.45) is 5.92 Å². The molecule has 2 atom stereocenters. The van der Waals surface area contributed by atoms with Gasteiger partial charge in [0.05, 0.1) is 11.5 Å².